The molecule has 2 aromatic rings. The Morgan fingerprint density at radius 1 is 0.962 bits per heavy atom. The van der Waals surface area contributed by atoms with Crippen LogP contribution in [-0.2, 0) is 0 Å². The molecule has 6 heteroatoms. The van der Waals surface area contributed by atoms with Crippen molar-refractivity contribution in [2.45, 2.75) is 26.7 Å². The predicted molar refractivity (Wildman–Crippen MR) is 106 cm³/mol. The molecule has 1 aliphatic rings. The first-order chi connectivity index (χ1) is 12.7. The smallest absolute Gasteiger partial charge is 0.227 e. The van der Waals surface area contributed by atoms with Crippen LogP contribution in [0.15, 0.2) is 36.5 Å². The van der Waals surface area contributed by atoms with Crippen LogP contribution in [0.25, 0.3) is 0 Å². The minimum Gasteiger partial charge on any atom is -0.366 e. The Morgan fingerprint density at radius 3 is 2.27 bits per heavy atom. The highest BCUT2D eigenvalue weighted by Crippen LogP contribution is 2.22. The van der Waals surface area contributed by atoms with E-state index in [1.54, 1.807) is 6.07 Å². The Bertz CT molecular complexity index is 694. The van der Waals surface area contributed by atoms with Crippen molar-refractivity contribution in [1.29, 1.82) is 0 Å². The topological polar surface area (TPSA) is 35.5 Å². The summed E-state index contributed by atoms with van der Waals surface area (Å²) in [6.07, 6.45) is 4.00. The molecule has 0 unspecified atom stereocenters. The van der Waals surface area contributed by atoms with Crippen LogP contribution in [0.4, 0.5) is 21.8 Å². The SMILES string of the molecule is CCCN(CCC)c1nccc(N2CCN(c3ccccc3F)CC2)n1. The Labute approximate surface area is 155 Å². The number of hydrogen-bond donors (Lipinski definition) is 0. The van der Waals surface area contributed by atoms with Gasteiger partial charge >= 0.3 is 0 Å². The highest BCUT2D eigenvalue weighted by atomic mass is 19.1. The monoisotopic (exact) mass is 357 g/mol. The normalized spacial score (nSPS) is 14.6. The van der Waals surface area contributed by atoms with E-state index in [1.807, 2.05) is 24.4 Å². The van der Waals surface area contributed by atoms with Crippen LogP contribution < -0.4 is 14.7 Å². The number of rotatable bonds is 7. The van der Waals surface area contributed by atoms with Crippen LogP contribution in [-0.4, -0.2) is 49.2 Å². The van der Waals surface area contributed by atoms with E-state index in [-0.39, 0.29) is 5.82 Å². The second kappa shape index (κ2) is 8.83. The van der Waals surface area contributed by atoms with Gasteiger partial charge in [-0.05, 0) is 31.0 Å². The quantitative estimate of drug-likeness (QED) is 0.757. The Hall–Kier alpha value is -2.37. The van der Waals surface area contributed by atoms with Gasteiger partial charge in [0, 0.05) is 45.5 Å². The van der Waals surface area contributed by atoms with E-state index in [0.29, 0.717) is 5.69 Å². The van der Waals surface area contributed by atoms with E-state index in [0.717, 1.165) is 63.9 Å². The fraction of sp³-hybridized carbons (Fsp3) is 0.500. The zero-order chi connectivity index (χ0) is 18.4. The predicted octanol–water partition coefficient (Wildman–Crippen LogP) is 3.57. The molecule has 1 aliphatic heterocycles. The molecule has 0 saturated carbocycles. The van der Waals surface area contributed by atoms with Crippen LogP contribution in [0.3, 0.4) is 0 Å². The molecule has 0 spiro atoms. The number of nitrogens with zero attached hydrogens (tertiary/aromatic N) is 5. The van der Waals surface area contributed by atoms with Crippen molar-refractivity contribution in [3.05, 3.63) is 42.3 Å². The number of halogens is 1. The largest absolute Gasteiger partial charge is 0.366 e. The summed E-state index contributed by atoms with van der Waals surface area (Å²) >= 11 is 0. The summed E-state index contributed by atoms with van der Waals surface area (Å²) in [7, 11) is 0. The minimum absolute atomic E-state index is 0.153. The van der Waals surface area contributed by atoms with E-state index in [2.05, 4.69) is 33.5 Å². The van der Waals surface area contributed by atoms with Gasteiger partial charge < -0.3 is 14.7 Å². The molecule has 2 heterocycles. The first kappa shape index (κ1) is 18.4. The van der Waals surface area contributed by atoms with Gasteiger partial charge in [0.2, 0.25) is 5.95 Å². The van der Waals surface area contributed by atoms with E-state index in [1.165, 1.54) is 6.07 Å². The van der Waals surface area contributed by atoms with Crippen LogP contribution >= 0.6 is 0 Å². The van der Waals surface area contributed by atoms with E-state index >= 15 is 0 Å². The van der Waals surface area contributed by atoms with E-state index in [4.69, 9.17) is 4.98 Å². The molecule has 1 aromatic heterocycles. The lowest BCUT2D eigenvalue weighted by Crippen LogP contribution is -2.47. The van der Waals surface area contributed by atoms with Crippen molar-refractivity contribution in [1.82, 2.24) is 9.97 Å². The van der Waals surface area contributed by atoms with Crippen molar-refractivity contribution in [2.24, 2.45) is 0 Å². The number of hydrogen-bond acceptors (Lipinski definition) is 5. The molecule has 0 atom stereocenters. The summed E-state index contributed by atoms with van der Waals surface area (Å²) < 4.78 is 14.0. The van der Waals surface area contributed by atoms with Gasteiger partial charge in [-0.1, -0.05) is 26.0 Å². The highest BCUT2D eigenvalue weighted by molar-refractivity contribution is 5.51. The number of benzene rings is 1. The molecule has 1 saturated heterocycles. The maximum atomic E-state index is 14.0. The first-order valence-electron chi connectivity index (χ1n) is 9.55. The lowest BCUT2D eigenvalue weighted by Gasteiger charge is -2.37. The third-order valence-corrected chi connectivity index (χ3v) is 4.69. The van der Waals surface area contributed by atoms with Crippen molar-refractivity contribution in [3.8, 4) is 0 Å². The summed E-state index contributed by atoms with van der Waals surface area (Å²) in [4.78, 5) is 15.9. The molecule has 0 radical (unpaired) electrons. The van der Waals surface area contributed by atoms with Crippen molar-refractivity contribution < 1.29 is 4.39 Å². The fourth-order valence-corrected chi connectivity index (χ4v) is 3.40. The van der Waals surface area contributed by atoms with Crippen molar-refractivity contribution in [2.75, 3.05) is 54.0 Å². The van der Waals surface area contributed by atoms with Gasteiger partial charge in [0.15, 0.2) is 0 Å². The van der Waals surface area contributed by atoms with Gasteiger partial charge in [0.25, 0.3) is 0 Å². The Kier molecular flexibility index (Phi) is 6.26. The van der Waals surface area contributed by atoms with Crippen LogP contribution in [0.1, 0.15) is 26.7 Å². The van der Waals surface area contributed by atoms with Gasteiger partial charge in [-0.3, -0.25) is 0 Å². The lowest BCUT2D eigenvalue weighted by molar-refractivity contribution is 0.595. The zero-order valence-electron chi connectivity index (χ0n) is 15.7. The molecule has 0 bridgehead atoms. The van der Waals surface area contributed by atoms with E-state index < -0.39 is 0 Å². The summed E-state index contributed by atoms with van der Waals surface area (Å²) in [5.41, 5.74) is 0.688. The summed E-state index contributed by atoms with van der Waals surface area (Å²) in [5, 5.41) is 0. The summed E-state index contributed by atoms with van der Waals surface area (Å²) in [6, 6.07) is 8.96. The molecule has 5 nitrogen and oxygen atoms in total. The van der Waals surface area contributed by atoms with Crippen molar-refractivity contribution in [3.63, 3.8) is 0 Å². The van der Waals surface area contributed by atoms with Gasteiger partial charge in [0.05, 0.1) is 5.69 Å². The molecule has 1 fully saturated rings. The van der Waals surface area contributed by atoms with Gasteiger partial charge in [-0.2, -0.15) is 4.98 Å². The number of anilines is 3. The second-order valence-electron chi connectivity index (χ2n) is 6.63. The highest BCUT2D eigenvalue weighted by Gasteiger charge is 2.21. The van der Waals surface area contributed by atoms with Crippen LogP contribution in [0.2, 0.25) is 0 Å². The number of piperazine rings is 1. The maximum absolute atomic E-state index is 14.0. The Balaban J connectivity index is 1.68. The second-order valence-corrected chi connectivity index (χ2v) is 6.63. The molecule has 0 amide bonds. The minimum atomic E-state index is -0.153. The standard InChI is InChI=1S/C20H28FN5/c1-3-11-26(12-4-2)20-22-10-9-19(23-20)25-15-13-24(14-16-25)18-8-6-5-7-17(18)21/h5-10H,3-4,11-16H2,1-2H3. The molecular weight excluding hydrogens is 329 g/mol. The van der Waals surface area contributed by atoms with Gasteiger partial charge in [-0.25, -0.2) is 9.37 Å². The Morgan fingerprint density at radius 2 is 1.62 bits per heavy atom. The average Bonchev–Trinajstić information content (AvgIpc) is 2.68. The van der Waals surface area contributed by atoms with E-state index in [9.17, 15) is 4.39 Å². The first-order valence-corrected chi connectivity index (χ1v) is 9.55. The number of aromatic nitrogens is 2. The summed E-state index contributed by atoms with van der Waals surface area (Å²) in [5.74, 6) is 1.61. The van der Waals surface area contributed by atoms with Crippen LogP contribution in [0, 0.1) is 5.82 Å². The molecule has 0 N–H and O–H groups in total. The number of para-hydroxylation sites is 1. The third kappa shape index (κ3) is 4.23. The molecular formula is C20H28FN5. The fourth-order valence-electron chi connectivity index (χ4n) is 3.40. The zero-order valence-corrected chi connectivity index (χ0v) is 15.7. The molecule has 0 aliphatic carbocycles. The average molecular weight is 357 g/mol. The third-order valence-electron chi connectivity index (χ3n) is 4.69. The maximum Gasteiger partial charge on any atom is 0.227 e. The summed E-state index contributed by atoms with van der Waals surface area (Å²) in [6.45, 7) is 9.51. The van der Waals surface area contributed by atoms with Gasteiger partial charge in [0.1, 0.15) is 11.6 Å². The molecule has 1 aromatic carbocycles. The molecule has 26 heavy (non-hydrogen) atoms. The molecule has 140 valence electrons. The van der Waals surface area contributed by atoms with Crippen molar-refractivity contribution >= 4 is 17.5 Å². The van der Waals surface area contributed by atoms with Gasteiger partial charge in [-0.15, -0.1) is 0 Å². The van der Waals surface area contributed by atoms with Crippen LogP contribution in [0.5, 0.6) is 0 Å². The lowest BCUT2D eigenvalue weighted by atomic mass is 10.2. The molecule has 3 rings (SSSR count).